The molecule has 118 valence electrons. The lowest BCUT2D eigenvalue weighted by atomic mass is 10.1. The van der Waals surface area contributed by atoms with Gasteiger partial charge < -0.3 is 10.1 Å². The monoisotopic (exact) mass is 320 g/mol. The van der Waals surface area contributed by atoms with Crippen molar-refractivity contribution in [3.63, 3.8) is 0 Å². The fourth-order valence-electron chi connectivity index (χ4n) is 1.77. The maximum Gasteiger partial charge on any atom is 0.387 e. The van der Waals surface area contributed by atoms with Crippen LogP contribution in [0.3, 0.4) is 0 Å². The summed E-state index contributed by atoms with van der Waals surface area (Å²) >= 11 is 0. The summed E-state index contributed by atoms with van der Waals surface area (Å²) in [6, 6.07) is 8.56. The molecule has 0 saturated heterocycles. The highest BCUT2D eigenvalue weighted by atomic mass is 19.3. The molecule has 0 radical (unpaired) electrons. The van der Waals surface area contributed by atoms with E-state index in [1.807, 2.05) is 6.07 Å². The first kappa shape index (κ1) is 16.1. The second kappa shape index (κ2) is 7.13. The van der Waals surface area contributed by atoms with Crippen LogP contribution in [-0.2, 0) is 6.54 Å². The van der Waals surface area contributed by atoms with Gasteiger partial charge in [0.25, 0.3) is 5.69 Å². The van der Waals surface area contributed by atoms with Crippen molar-refractivity contribution in [1.82, 2.24) is 4.98 Å². The Morgan fingerprint density at radius 3 is 2.74 bits per heavy atom. The van der Waals surface area contributed by atoms with Crippen LogP contribution >= 0.6 is 0 Å². The van der Waals surface area contributed by atoms with Crippen molar-refractivity contribution in [1.29, 1.82) is 5.26 Å². The first-order chi connectivity index (χ1) is 11.0. The van der Waals surface area contributed by atoms with E-state index < -0.39 is 11.5 Å². The third-order valence-corrected chi connectivity index (χ3v) is 2.82. The standard InChI is InChI=1S/C14H10F2N4O3/c15-14(16)23-12-3-1-10(18-8-12)7-19-13-4-2-11(20(21)22)5-9(13)6-17/h1-5,8,14,19H,7H2. The van der Waals surface area contributed by atoms with Gasteiger partial charge in [0.05, 0.1) is 34.6 Å². The minimum Gasteiger partial charge on any atom is -0.433 e. The second-order valence-electron chi connectivity index (χ2n) is 4.32. The molecule has 1 N–H and O–H groups in total. The molecule has 2 rings (SSSR count). The lowest BCUT2D eigenvalue weighted by Gasteiger charge is -2.08. The van der Waals surface area contributed by atoms with E-state index in [0.29, 0.717) is 11.4 Å². The number of benzene rings is 1. The maximum atomic E-state index is 12.0. The van der Waals surface area contributed by atoms with Gasteiger partial charge in [-0.3, -0.25) is 15.1 Å². The number of ether oxygens (including phenoxy) is 1. The van der Waals surface area contributed by atoms with E-state index in [1.54, 1.807) is 0 Å². The highest BCUT2D eigenvalue weighted by molar-refractivity contribution is 5.61. The number of hydrogen-bond acceptors (Lipinski definition) is 6. The van der Waals surface area contributed by atoms with Crippen LogP contribution in [0.2, 0.25) is 0 Å². The van der Waals surface area contributed by atoms with E-state index in [0.717, 1.165) is 12.3 Å². The number of rotatable bonds is 6. The number of nitrogens with one attached hydrogen (secondary N) is 1. The molecule has 1 aromatic heterocycles. The molecule has 0 aliphatic heterocycles. The summed E-state index contributed by atoms with van der Waals surface area (Å²) < 4.78 is 28.2. The summed E-state index contributed by atoms with van der Waals surface area (Å²) in [6.07, 6.45) is 1.16. The summed E-state index contributed by atoms with van der Waals surface area (Å²) in [7, 11) is 0. The van der Waals surface area contributed by atoms with Gasteiger partial charge in [0.2, 0.25) is 0 Å². The van der Waals surface area contributed by atoms with Crippen LogP contribution in [0.5, 0.6) is 5.75 Å². The van der Waals surface area contributed by atoms with Gasteiger partial charge >= 0.3 is 6.61 Å². The van der Waals surface area contributed by atoms with Crippen LogP contribution in [0.4, 0.5) is 20.2 Å². The van der Waals surface area contributed by atoms with Crippen molar-refractivity contribution >= 4 is 11.4 Å². The van der Waals surface area contributed by atoms with Gasteiger partial charge in [-0.05, 0) is 18.2 Å². The molecular weight excluding hydrogens is 310 g/mol. The molecule has 0 amide bonds. The highest BCUT2D eigenvalue weighted by Gasteiger charge is 2.10. The van der Waals surface area contributed by atoms with E-state index in [9.17, 15) is 18.9 Å². The largest absolute Gasteiger partial charge is 0.433 e. The minimum atomic E-state index is -2.92. The van der Waals surface area contributed by atoms with Gasteiger partial charge in [-0.15, -0.1) is 0 Å². The number of nitrogens with zero attached hydrogens (tertiary/aromatic N) is 3. The number of pyridine rings is 1. The number of nitro benzene ring substituents is 1. The van der Waals surface area contributed by atoms with Gasteiger partial charge in [0.15, 0.2) is 0 Å². The normalized spacial score (nSPS) is 10.2. The predicted molar refractivity (Wildman–Crippen MR) is 76.0 cm³/mol. The third-order valence-electron chi connectivity index (χ3n) is 2.82. The van der Waals surface area contributed by atoms with Crippen LogP contribution in [0, 0.1) is 21.4 Å². The minimum absolute atomic E-state index is 0.0585. The Morgan fingerprint density at radius 1 is 1.39 bits per heavy atom. The summed E-state index contributed by atoms with van der Waals surface area (Å²) in [5, 5.41) is 22.6. The van der Waals surface area contributed by atoms with Gasteiger partial charge in [-0.2, -0.15) is 14.0 Å². The summed E-state index contributed by atoms with van der Waals surface area (Å²) in [5.74, 6) is -0.0585. The lowest BCUT2D eigenvalue weighted by Crippen LogP contribution is -2.05. The van der Waals surface area contributed by atoms with Gasteiger partial charge in [0, 0.05) is 12.1 Å². The molecular formula is C14H10F2N4O3. The number of nitriles is 1. The number of hydrogen-bond donors (Lipinski definition) is 1. The van der Waals surface area contributed by atoms with Crippen LogP contribution < -0.4 is 10.1 Å². The highest BCUT2D eigenvalue weighted by Crippen LogP contribution is 2.22. The van der Waals surface area contributed by atoms with Crippen molar-refractivity contribution in [2.24, 2.45) is 0 Å². The molecule has 2 aromatic rings. The van der Waals surface area contributed by atoms with Gasteiger partial charge in [0.1, 0.15) is 11.8 Å². The van der Waals surface area contributed by atoms with E-state index in [4.69, 9.17) is 5.26 Å². The fraction of sp³-hybridized carbons (Fsp3) is 0.143. The molecule has 0 fully saturated rings. The zero-order valence-electron chi connectivity index (χ0n) is 11.6. The number of alkyl halides is 2. The molecule has 0 spiro atoms. The molecule has 1 heterocycles. The topological polar surface area (TPSA) is 101 Å². The number of nitro groups is 1. The SMILES string of the molecule is N#Cc1cc([N+](=O)[O-])ccc1NCc1ccc(OC(F)F)cn1. The average molecular weight is 320 g/mol. The van der Waals surface area contributed by atoms with E-state index in [-0.39, 0.29) is 23.5 Å². The summed E-state index contributed by atoms with van der Waals surface area (Å²) in [4.78, 5) is 14.0. The van der Waals surface area contributed by atoms with Crippen molar-refractivity contribution in [3.8, 4) is 11.8 Å². The molecule has 0 aliphatic carbocycles. The number of anilines is 1. The molecule has 1 aromatic carbocycles. The second-order valence-corrected chi connectivity index (χ2v) is 4.32. The molecule has 0 atom stereocenters. The number of non-ortho nitro benzene ring substituents is 1. The van der Waals surface area contributed by atoms with Crippen molar-refractivity contribution in [3.05, 3.63) is 57.9 Å². The summed E-state index contributed by atoms with van der Waals surface area (Å²) in [6.45, 7) is -2.71. The number of aromatic nitrogens is 1. The molecule has 23 heavy (non-hydrogen) atoms. The Morgan fingerprint density at radius 2 is 2.17 bits per heavy atom. The van der Waals surface area contributed by atoms with Crippen molar-refractivity contribution in [2.75, 3.05) is 5.32 Å². The van der Waals surface area contributed by atoms with Crippen LogP contribution in [-0.4, -0.2) is 16.5 Å². The maximum absolute atomic E-state index is 12.0. The Labute approximate surface area is 129 Å². The predicted octanol–water partition coefficient (Wildman–Crippen LogP) is 3.07. The first-order valence-corrected chi connectivity index (χ1v) is 6.31. The zero-order chi connectivity index (χ0) is 16.8. The fourth-order valence-corrected chi connectivity index (χ4v) is 1.77. The Kier molecular flexibility index (Phi) is 4.99. The Bertz CT molecular complexity index is 745. The molecule has 9 heteroatoms. The lowest BCUT2D eigenvalue weighted by molar-refractivity contribution is -0.384. The van der Waals surface area contributed by atoms with Crippen LogP contribution in [0.1, 0.15) is 11.3 Å². The Balaban J connectivity index is 2.06. The van der Waals surface area contributed by atoms with E-state index in [1.165, 1.54) is 24.3 Å². The van der Waals surface area contributed by atoms with Crippen LogP contribution in [0.15, 0.2) is 36.5 Å². The molecule has 0 bridgehead atoms. The van der Waals surface area contributed by atoms with E-state index >= 15 is 0 Å². The molecule has 0 saturated carbocycles. The quantitative estimate of drug-likeness (QED) is 0.648. The van der Waals surface area contributed by atoms with Gasteiger partial charge in [-0.1, -0.05) is 0 Å². The third kappa shape index (κ3) is 4.34. The average Bonchev–Trinajstić information content (AvgIpc) is 2.53. The molecule has 7 nitrogen and oxygen atoms in total. The van der Waals surface area contributed by atoms with Crippen molar-refractivity contribution < 1.29 is 18.4 Å². The molecule has 0 unspecified atom stereocenters. The number of halogens is 2. The summed E-state index contributed by atoms with van der Waals surface area (Å²) in [5.41, 5.74) is 0.872. The molecule has 0 aliphatic rings. The van der Waals surface area contributed by atoms with Crippen LogP contribution in [0.25, 0.3) is 0 Å². The van der Waals surface area contributed by atoms with Gasteiger partial charge in [-0.25, -0.2) is 0 Å². The Hall–Kier alpha value is -3.28. The van der Waals surface area contributed by atoms with E-state index in [2.05, 4.69) is 15.0 Å². The first-order valence-electron chi connectivity index (χ1n) is 6.31. The van der Waals surface area contributed by atoms with Crippen molar-refractivity contribution in [2.45, 2.75) is 13.2 Å². The smallest absolute Gasteiger partial charge is 0.387 e. The zero-order valence-corrected chi connectivity index (χ0v) is 11.6.